The molecule has 0 amide bonds. The van der Waals surface area contributed by atoms with Crippen LogP contribution in [0, 0.1) is 0 Å². The van der Waals surface area contributed by atoms with E-state index in [-0.39, 0.29) is 0 Å². The lowest BCUT2D eigenvalue weighted by Gasteiger charge is -2.39. The molecule has 0 unspecified atom stereocenters. The lowest BCUT2D eigenvalue weighted by Crippen LogP contribution is -2.45. The van der Waals surface area contributed by atoms with Crippen molar-refractivity contribution >= 4 is 15.9 Å². The second-order valence-corrected chi connectivity index (χ2v) is 7.45. The standard InChI is InChI=1S/C18H26BrN/c19-18-11-7-6-10-17(18)14-12-16(13-14)20-15-8-4-2-1-3-5-9-15/h6-7,10-11,14-16,20H,1-5,8-9,12-13H2. The number of hydrogen-bond acceptors (Lipinski definition) is 1. The molecule has 1 aromatic carbocycles. The molecule has 2 heteroatoms. The molecule has 0 radical (unpaired) electrons. The lowest BCUT2D eigenvalue weighted by molar-refractivity contribution is 0.244. The molecular weight excluding hydrogens is 310 g/mol. The molecule has 0 aromatic heterocycles. The summed E-state index contributed by atoms with van der Waals surface area (Å²) in [5.41, 5.74) is 1.50. The van der Waals surface area contributed by atoms with Gasteiger partial charge in [0.2, 0.25) is 0 Å². The second kappa shape index (κ2) is 7.09. The second-order valence-electron chi connectivity index (χ2n) is 6.60. The van der Waals surface area contributed by atoms with Crippen LogP contribution in [0.4, 0.5) is 0 Å². The summed E-state index contributed by atoms with van der Waals surface area (Å²) in [4.78, 5) is 0. The number of rotatable bonds is 3. The van der Waals surface area contributed by atoms with Crippen molar-refractivity contribution in [3.8, 4) is 0 Å². The fourth-order valence-corrected chi connectivity index (χ4v) is 4.38. The Hall–Kier alpha value is -0.340. The molecule has 0 spiro atoms. The quantitative estimate of drug-likeness (QED) is 0.779. The molecule has 110 valence electrons. The van der Waals surface area contributed by atoms with Crippen LogP contribution in [0.2, 0.25) is 0 Å². The molecule has 3 rings (SSSR count). The maximum Gasteiger partial charge on any atom is 0.0210 e. The molecule has 0 atom stereocenters. The summed E-state index contributed by atoms with van der Waals surface area (Å²) >= 11 is 3.69. The summed E-state index contributed by atoms with van der Waals surface area (Å²) in [5, 5.41) is 3.93. The van der Waals surface area contributed by atoms with Gasteiger partial charge in [-0.1, -0.05) is 66.2 Å². The largest absolute Gasteiger partial charge is 0.311 e. The Balaban J connectivity index is 1.47. The maximum absolute atomic E-state index is 3.93. The zero-order valence-corrected chi connectivity index (χ0v) is 13.9. The Bertz CT molecular complexity index is 417. The van der Waals surface area contributed by atoms with Gasteiger partial charge in [-0.05, 0) is 43.2 Å². The number of benzene rings is 1. The van der Waals surface area contributed by atoms with Gasteiger partial charge in [0.15, 0.2) is 0 Å². The Labute approximate surface area is 131 Å². The molecule has 1 N–H and O–H groups in total. The van der Waals surface area contributed by atoms with E-state index in [0.29, 0.717) is 0 Å². The molecule has 1 nitrogen and oxygen atoms in total. The summed E-state index contributed by atoms with van der Waals surface area (Å²) in [6.07, 6.45) is 12.6. The molecule has 2 aliphatic carbocycles. The minimum Gasteiger partial charge on any atom is -0.311 e. The van der Waals surface area contributed by atoms with Gasteiger partial charge < -0.3 is 5.32 Å². The summed E-state index contributed by atoms with van der Waals surface area (Å²) < 4.78 is 1.29. The van der Waals surface area contributed by atoms with Crippen LogP contribution in [0.25, 0.3) is 0 Å². The van der Waals surface area contributed by atoms with Crippen molar-refractivity contribution in [2.24, 2.45) is 0 Å². The number of halogens is 1. The van der Waals surface area contributed by atoms with Gasteiger partial charge in [-0.25, -0.2) is 0 Å². The molecule has 1 aromatic rings. The molecular formula is C18H26BrN. The third-order valence-corrected chi connectivity index (χ3v) is 5.78. The Kier molecular flexibility index (Phi) is 5.17. The topological polar surface area (TPSA) is 12.0 Å². The number of nitrogens with one attached hydrogen (secondary N) is 1. The van der Waals surface area contributed by atoms with E-state index in [0.717, 1.165) is 18.0 Å². The van der Waals surface area contributed by atoms with Gasteiger partial charge in [0.05, 0.1) is 0 Å². The van der Waals surface area contributed by atoms with Gasteiger partial charge in [-0.15, -0.1) is 0 Å². The predicted molar refractivity (Wildman–Crippen MR) is 89.1 cm³/mol. The summed E-state index contributed by atoms with van der Waals surface area (Å²) in [7, 11) is 0. The zero-order valence-electron chi connectivity index (χ0n) is 12.3. The van der Waals surface area contributed by atoms with E-state index in [2.05, 4.69) is 45.5 Å². The monoisotopic (exact) mass is 335 g/mol. The van der Waals surface area contributed by atoms with Gasteiger partial charge in [0.25, 0.3) is 0 Å². The van der Waals surface area contributed by atoms with Crippen LogP contribution in [0.15, 0.2) is 28.7 Å². The third kappa shape index (κ3) is 3.65. The predicted octanol–water partition coefficient (Wildman–Crippen LogP) is 5.40. The van der Waals surface area contributed by atoms with Gasteiger partial charge in [0, 0.05) is 16.6 Å². The first kappa shape index (κ1) is 14.6. The zero-order chi connectivity index (χ0) is 13.8. The average molecular weight is 336 g/mol. The van der Waals surface area contributed by atoms with E-state index in [1.165, 1.54) is 67.8 Å². The minimum absolute atomic E-state index is 0.761. The molecule has 0 aliphatic heterocycles. The van der Waals surface area contributed by atoms with Gasteiger partial charge in [0.1, 0.15) is 0 Å². The molecule has 0 heterocycles. The van der Waals surface area contributed by atoms with Crippen molar-refractivity contribution in [1.29, 1.82) is 0 Å². The van der Waals surface area contributed by atoms with Gasteiger partial charge >= 0.3 is 0 Å². The van der Waals surface area contributed by atoms with Crippen LogP contribution >= 0.6 is 15.9 Å². The van der Waals surface area contributed by atoms with Crippen molar-refractivity contribution in [2.75, 3.05) is 0 Å². The van der Waals surface area contributed by atoms with E-state index in [9.17, 15) is 0 Å². The molecule has 2 aliphatic rings. The van der Waals surface area contributed by atoms with Crippen molar-refractivity contribution in [2.45, 2.75) is 75.8 Å². The van der Waals surface area contributed by atoms with Gasteiger partial charge in [-0.2, -0.15) is 0 Å². The first-order valence-corrected chi connectivity index (χ1v) is 9.12. The van der Waals surface area contributed by atoms with Crippen LogP contribution in [0.3, 0.4) is 0 Å². The summed E-state index contributed by atoms with van der Waals surface area (Å²) in [6, 6.07) is 10.3. The van der Waals surface area contributed by atoms with E-state index >= 15 is 0 Å². The summed E-state index contributed by atoms with van der Waals surface area (Å²) in [5.74, 6) is 0.761. The smallest absolute Gasteiger partial charge is 0.0210 e. The highest BCUT2D eigenvalue weighted by Crippen LogP contribution is 2.40. The molecule has 0 bridgehead atoms. The van der Waals surface area contributed by atoms with E-state index in [4.69, 9.17) is 0 Å². The normalized spacial score (nSPS) is 28.4. The Morgan fingerprint density at radius 1 is 0.850 bits per heavy atom. The van der Waals surface area contributed by atoms with E-state index in [1.54, 1.807) is 0 Å². The molecule has 20 heavy (non-hydrogen) atoms. The highest BCUT2D eigenvalue weighted by Gasteiger charge is 2.32. The summed E-state index contributed by atoms with van der Waals surface area (Å²) in [6.45, 7) is 0. The number of hydrogen-bond donors (Lipinski definition) is 1. The van der Waals surface area contributed by atoms with Crippen LogP contribution in [0.1, 0.15) is 69.3 Å². The molecule has 2 fully saturated rings. The Morgan fingerprint density at radius 3 is 2.20 bits per heavy atom. The van der Waals surface area contributed by atoms with Crippen molar-refractivity contribution < 1.29 is 0 Å². The van der Waals surface area contributed by atoms with Crippen LogP contribution in [0.5, 0.6) is 0 Å². The first-order chi connectivity index (χ1) is 9.83. The van der Waals surface area contributed by atoms with E-state index in [1.807, 2.05) is 0 Å². The van der Waals surface area contributed by atoms with Crippen LogP contribution in [-0.4, -0.2) is 12.1 Å². The SMILES string of the molecule is Brc1ccccc1C1CC(NC2CCCCCCC2)C1. The highest BCUT2D eigenvalue weighted by atomic mass is 79.9. The lowest BCUT2D eigenvalue weighted by atomic mass is 9.75. The average Bonchev–Trinajstić information content (AvgIpc) is 2.36. The van der Waals surface area contributed by atoms with Crippen LogP contribution < -0.4 is 5.32 Å². The Morgan fingerprint density at radius 2 is 1.50 bits per heavy atom. The first-order valence-electron chi connectivity index (χ1n) is 8.33. The fourth-order valence-electron chi connectivity index (χ4n) is 3.77. The van der Waals surface area contributed by atoms with Crippen molar-refractivity contribution in [3.05, 3.63) is 34.3 Å². The highest BCUT2D eigenvalue weighted by molar-refractivity contribution is 9.10. The molecule has 0 saturated heterocycles. The van der Waals surface area contributed by atoms with Gasteiger partial charge in [-0.3, -0.25) is 0 Å². The third-order valence-electron chi connectivity index (χ3n) is 5.06. The minimum atomic E-state index is 0.761. The van der Waals surface area contributed by atoms with Crippen molar-refractivity contribution in [1.82, 2.24) is 5.32 Å². The van der Waals surface area contributed by atoms with Crippen LogP contribution in [-0.2, 0) is 0 Å². The molecule has 2 saturated carbocycles. The maximum atomic E-state index is 3.93. The van der Waals surface area contributed by atoms with E-state index < -0.39 is 0 Å². The van der Waals surface area contributed by atoms with Crippen molar-refractivity contribution in [3.63, 3.8) is 0 Å². The fraction of sp³-hybridized carbons (Fsp3) is 0.667.